The average Bonchev–Trinajstić information content (AvgIpc) is 3.69. The molecule has 8 aromatic rings. The first kappa shape index (κ1) is 29.2. The highest BCUT2D eigenvalue weighted by Gasteiger charge is 2.45. The zero-order chi connectivity index (χ0) is 32.6. The van der Waals surface area contributed by atoms with Crippen molar-refractivity contribution in [2.24, 2.45) is 0 Å². The molecule has 49 heavy (non-hydrogen) atoms. The lowest BCUT2D eigenvalue weighted by Gasteiger charge is -2.41. The van der Waals surface area contributed by atoms with Crippen LogP contribution >= 0.6 is 11.3 Å². The van der Waals surface area contributed by atoms with E-state index >= 15 is 0 Å². The molecule has 0 fully saturated rings. The fraction of sp³-hybridized carbons (Fsp3) is 0.0213. The van der Waals surface area contributed by atoms with Crippen LogP contribution in [0.1, 0.15) is 22.3 Å². The fourth-order valence-corrected chi connectivity index (χ4v) is 8.33. The second-order valence-electron chi connectivity index (χ2n) is 12.5. The van der Waals surface area contributed by atoms with E-state index in [0.29, 0.717) is 0 Å². The monoisotopic (exact) mass is 644 g/mol. The molecular formula is C47H32OS. The molecule has 232 valence electrons. The molecular weight excluding hydrogens is 613 g/mol. The van der Waals surface area contributed by atoms with Gasteiger partial charge in [-0.2, -0.15) is 0 Å². The molecule has 9 rings (SSSR count). The zero-order valence-corrected chi connectivity index (χ0v) is 27.6. The van der Waals surface area contributed by atoms with E-state index in [2.05, 4.69) is 194 Å². The van der Waals surface area contributed by atoms with Gasteiger partial charge in [0.15, 0.2) is 0 Å². The summed E-state index contributed by atoms with van der Waals surface area (Å²) in [4.78, 5) is 2.46. The molecule has 7 aromatic carbocycles. The lowest BCUT2D eigenvalue weighted by molar-refractivity contribution is 0.435. The molecule has 1 aromatic heterocycles. The molecule has 2 heteroatoms. The summed E-state index contributed by atoms with van der Waals surface area (Å²) in [6.45, 7) is 0. The Morgan fingerprint density at radius 3 is 1.35 bits per heavy atom. The van der Waals surface area contributed by atoms with E-state index in [4.69, 9.17) is 4.74 Å². The largest absolute Gasteiger partial charge is 0.457 e. The summed E-state index contributed by atoms with van der Waals surface area (Å²) >= 11 is 1.81. The summed E-state index contributed by atoms with van der Waals surface area (Å²) < 4.78 is 6.72. The number of fused-ring (bicyclic) bond motifs is 2. The van der Waals surface area contributed by atoms with E-state index in [1.54, 1.807) is 0 Å². The number of benzene rings is 7. The number of ether oxygens (including phenoxy) is 1. The van der Waals surface area contributed by atoms with Crippen LogP contribution in [0.2, 0.25) is 0 Å². The Kier molecular flexibility index (Phi) is 7.30. The van der Waals surface area contributed by atoms with Crippen LogP contribution in [0.4, 0.5) is 0 Å². The van der Waals surface area contributed by atoms with Crippen LogP contribution in [0.15, 0.2) is 194 Å². The van der Waals surface area contributed by atoms with Crippen LogP contribution in [0.25, 0.3) is 43.1 Å². The molecule has 0 bridgehead atoms. The van der Waals surface area contributed by atoms with Gasteiger partial charge in [-0.3, -0.25) is 0 Å². The maximum absolute atomic E-state index is 6.72. The molecule has 0 amide bonds. The van der Waals surface area contributed by atoms with Crippen molar-refractivity contribution in [2.45, 2.75) is 5.41 Å². The molecule has 1 aliphatic rings. The Labute approximate surface area is 291 Å². The Bertz CT molecular complexity index is 2330. The predicted octanol–water partition coefficient (Wildman–Crippen LogP) is 12.9. The molecule has 1 nitrogen and oxygen atoms in total. The first-order valence-corrected chi connectivity index (χ1v) is 17.5. The lowest BCUT2D eigenvalue weighted by atomic mass is 9.63. The van der Waals surface area contributed by atoms with Gasteiger partial charge in [-0.15, -0.1) is 11.3 Å². The van der Waals surface area contributed by atoms with Gasteiger partial charge in [0, 0.05) is 20.9 Å². The minimum Gasteiger partial charge on any atom is -0.457 e. The summed E-state index contributed by atoms with van der Waals surface area (Å²) in [6.07, 6.45) is 0. The third kappa shape index (κ3) is 5.09. The maximum Gasteiger partial charge on any atom is 0.132 e. The third-order valence-corrected chi connectivity index (χ3v) is 10.9. The number of hydrogen-bond donors (Lipinski definition) is 0. The van der Waals surface area contributed by atoms with Crippen LogP contribution in [0.3, 0.4) is 0 Å². The molecule has 0 aliphatic carbocycles. The first-order valence-electron chi connectivity index (χ1n) is 16.7. The molecule has 1 aliphatic heterocycles. The summed E-state index contributed by atoms with van der Waals surface area (Å²) in [5.74, 6) is 1.78. The predicted molar refractivity (Wildman–Crippen MR) is 204 cm³/mol. The molecule has 0 saturated heterocycles. The second-order valence-corrected chi connectivity index (χ2v) is 13.6. The minimum atomic E-state index is -0.505. The van der Waals surface area contributed by atoms with Gasteiger partial charge in [0.25, 0.3) is 0 Å². The molecule has 0 radical (unpaired) electrons. The standard InChI is InChI=1S/C47H32OS/c1-4-12-33(13-5-1)34-20-22-35(23-21-34)36-24-26-37(27-25-36)45-30-31-46(49-45)38-28-29-42-44(32-38)48-43-19-11-10-18-41(43)47(42,39-14-6-2-7-15-39)40-16-8-3-9-17-40/h1-32H. The molecule has 2 heterocycles. The van der Waals surface area contributed by atoms with Crippen LogP contribution in [0.5, 0.6) is 11.5 Å². The van der Waals surface area contributed by atoms with E-state index < -0.39 is 5.41 Å². The summed E-state index contributed by atoms with van der Waals surface area (Å²) in [6, 6.07) is 69.6. The van der Waals surface area contributed by atoms with Gasteiger partial charge in [0.1, 0.15) is 11.5 Å². The topological polar surface area (TPSA) is 9.23 Å². The lowest BCUT2D eigenvalue weighted by Crippen LogP contribution is -2.34. The Hall–Kier alpha value is -5.96. The van der Waals surface area contributed by atoms with Crippen molar-refractivity contribution < 1.29 is 4.74 Å². The smallest absolute Gasteiger partial charge is 0.132 e. The van der Waals surface area contributed by atoms with Gasteiger partial charge in [0.2, 0.25) is 0 Å². The van der Waals surface area contributed by atoms with Crippen molar-refractivity contribution in [2.75, 3.05) is 0 Å². The van der Waals surface area contributed by atoms with Crippen molar-refractivity contribution in [1.29, 1.82) is 0 Å². The molecule has 0 atom stereocenters. The maximum atomic E-state index is 6.72. The van der Waals surface area contributed by atoms with Gasteiger partial charge < -0.3 is 4.74 Å². The van der Waals surface area contributed by atoms with Crippen molar-refractivity contribution in [3.05, 3.63) is 216 Å². The van der Waals surface area contributed by atoms with Gasteiger partial charge in [-0.1, -0.05) is 170 Å². The Morgan fingerprint density at radius 2 is 0.755 bits per heavy atom. The van der Waals surface area contributed by atoms with Crippen LogP contribution in [-0.4, -0.2) is 0 Å². The zero-order valence-electron chi connectivity index (χ0n) is 26.8. The highest BCUT2D eigenvalue weighted by Crippen LogP contribution is 2.56. The van der Waals surface area contributed by atoms with E-state index in [9.17, 15) is 0 Å². The number of para-hydroxylation sites is 1. The van der Waals surface area contributed by atoms with Gasteiger partial charge >= 0.3 is 0 Å². The van der Waals surface area contributed by atoms with E-state index in [1.165, 1.54) is 48.7 Å². The highest BCUT2D eigenvalue weighted by molar-refractivity contribution is 7.18. The molecule has 0 unspecified atom stereocenters. The summed E-state index contributed by atoms with van der Waals surface area (Å²) in [5, 5.41) is 0. The second kappa shape index (κ2) is 12.2. The van der Waals surface area contributed by atoms with E-state index in [1.807, 2.05) is 11.3 Å². The average molecular weight is 645 g/mol. The van der Waals surface area contributed by atoms with Crippen LogP contribution in [0, 0.1) is 0 Å². The van der Waals surface area contributed by atoms with E-state index in [-0.39, 0.29) is 0 Å². The van der Waals surface area contributed by atoms with Crippen molar-refractivity contribution in [1.82, 2.24) is 0 Å². The normalized spacial score (nSPS) is 12.8. The van der Waals surface area contributed by atoms with E-state index in [0.717, 1.165) is 28.2 Å². The summed E-state index contributed by atoms with van der Waals surface area (Å²) in [5.41, 5.74) is 11.5. The number of thiophene rings is 1. The Balaban J connectivity index is 1.06. The number of hydrogen-bond acceptors (Lipinski definition) is 2. The third-order valence-electron chi connectivity index (χ3n) is 9.70. The van der Waals surface area contributed by atoms with Crippen molar-refractivity contribution in [3.63, 3.8) is 0 Å². The van der Waals surface area contributed by atoms with Gasteiger partial charge in [0.05, 0.1) is 5.41 Å². The van der Waals surface area contributed by atoms with Crippen LogP contribution < -0.4 is 4.74 Å². The molecule has 0 spiro atoms. The van der Waals surface area contributed by atoms with Crippen molar-refractivity contribution >= 4 is 11.3 Å². The van der Waals surface area contributed by atoms with Crippen LogP contribution in [-0.2, 0) is 5.41 Å². The first-order chi connectivity index (χ1) is 24.3. The van der Waals surface area contributed by atoms with Crippen molar-refractivity contribution in [3.8, 4) is 54.6 Å². The summed E-state index contributed by atoms with van der Waals surface area (Å²) in [7, 11) is 0. The molecule has 0 N–H and O–H groups in total. The Morgan fingerprint density at radius 1 is 0.327 bits per heavy atom. The van der Waals surface area contributed by atoms with Gasteiger partial charge in [-0.05, 0) is 68.8 Å². The van der Waals surface area contributed by atoms with Gasteiger partial charge in [-0.25, -0.2) is 0 Å². The SMILES string of the molecule is c1ccc(-c2ccc(-c3ccc(-c4ccc(-c5ccc6c(c5)Oc5ccccc5C6(c5ccccc5)c5ccccc5)s4)cc3)cc2)cc1. The minimum absolute atomic E-state index is 0.505. The fourth-order valence-electron chi connectivity index (χ4n) is 7.32. The number of rotatable bonds is 6. The quantitative estimate of drug-likeness (QED) is 0.175. The molecule has 0 saturated carbocycles. The highest BCUT2D eigenvalue weighted by atomic mass is 32.1.